The summed E-state index contributed by atoms with van der Waals surface area (Å²) in [6.45, 7) is 3.08. The number of rotatable bonds is 3. The predicted octanol–water partition coefficient (Wildman–Crippen LogP) is -0.742. The summed E-state index contributed by atoms with van der Waals surface area (Å²) in [7, 11) is 0. The summed E-state index contributed by atoms with van der Waals surface area (Å²) in [6, 6.07) is -0.901. The third kappa shape index (κ3) is 3.42. The Morgan fingerprint density at radius 1 is 1.70 bits per heavy atom. The Bertz CT molecular complexity index is 114. The number of hydrogen-bond acceptors (Lipinski definition) is 4. The highest BCUT2D eigenvalue weighted by Crippen LogP contribution is 1.91. The Morgan fingerprint density at radius 2 is 2.20 bits per heavy atom. The topological polar surface area (TPSA) is 72.5 Å². The van der Waals surface area contributed by atoms with E-state index < -0.39 is 12.0 Å². The van der Waals surface area contributed by atoms with Crippen LogP contribution in [0.1, 0.15) is 13.8 Å². The van der Waals surface area contributed by atoms with E-state index in [-0.39, 0.29) is 12.7 Å². The minimum absolute atomic E-state index is 0.176. The molecular weight excluding hydrogens is 134 g/mol. The van der Waals surface area contributed by atoms with Gasteiger partial charge in [-0.1, -0.05) is 0 Å². The van der Waals surface area contributed by atoms with E-state index in [0.717, 1.165) is 0 Å². The zero-order chi connectivity index (χ0) is 8.15. The third-order valence-electron chi connectivity index (χ3n) is 0.851. The van der Waals surface area contributed by atoms with Gasteiger partial charge < -0.3 is 15.6 Å². The molecule has 0 fully saturated rings. The highest BCUT2D eigenvalue weighted by molar-refractivity contribution is 5.75. The molecule has 0 saturated heterocycles. The van der Waals surface area contributed by atoms with E-state index in [4.69, 9.17) is 10.8 Å². The van der Waals surface area contributed by atoms with Crippen LogP contribution in [0.15, 0.2) is 0 Å². The van der Waals surface area contributed by atoms with Gasteiger partial charge in [-0.15, -0.1) is 0 Å². The van der Waals surface area contributed by atoms with Gasteiger partial charge >= 0.3 is 5.97 Å². The van der Waals surface area contributed by atoms with Crippen molar-refractivity contribution >= 4 is 5.97 Å². The average molecular weight is 147 g/mol. The lowest BCUT2D eigenvalue weighted by molar-refractivity contribution is -0.149. The van der Waals surface area contributed by atoms with Gasteiger partial charge in [-0.2, -0.15) is 0 Å². The molecule has 0 aliphatic rings. The summed E-state index contributed by atoms with van der Waals surface area (Å²) in [6.07, 6.45) is -0.176. The molecule has 0 bridgehead atoms. The third-order valence-corrected chi connectivity index (χ3v) is 0.851. The molecule has 0 spiro atoms. The maximum atomic E-state index is 10.7. The summed E-state index contributed by atoms with van der Waals surface area (Å²) in [5, 5.41) is 8.39. The maximum absolute atomic E-state index is 10.7. The van der Waals surface area contributed by atoms with Crippen molar-refractivity contribution < 1.29 is 14.6 Å². The second kappa shape index (κ2) is 4.24. The van der Waals surface area contributed by atoms with Gasteiger partial charge in [0.25, 0.3) is 0 Å². The molecule has 0 saturated carbocycles. The van der Waals surface area contributed by atoms with Gasteiger partial charge in [0.1, 0.15) is 6.04 Å². The van der Waals surface area contributed by atoms with Gasteiger partial charge in [-0.05, 0) is 13.8 Å². The highest BCUT2D eigenvalue weighted by atomic mass is 16.5. The van der Waals surface area contributed by atoms with E-state index in [1.54, 1.807) is 13.8 Å². The van der Waals surface area contributed by atoms with Crippen LogP contribution >= 0.6 is 0 Å². The molecule has 4 heteroatoms. The van der Waals surface area contributed by atoms with Gasteiger partial charge in [0.2, 0.25) is 0 Å². The molecule has 60 valence electrons. The van der Waals surface area contributed by atoms with Crippen LogP contribution in [0.25, 0.3) is 0 Å². The van der Waals surface area contributed by atoms with E-state index >= 15 is 0 Å². The number of ether oxygens (including phenoxy) is 1. The van der Waals surface area contributed by atoms with Crippen molar-refractivity contribution in [3.63, 3.8) is 0 Å². The maximum Gasteiger partial charge on any atom is 0.325 e. The fourth-order valence-corrected chi connectivity index (χ4v) is 0.394. The minimum Gasteiger partial charge on any atom is -0.462 e. The summed E-state index contributed by atoms with van der Waals surface area (Å²) in [4.78, 5) is 10.7. The fourth-order valence-electron chi connectivity index (χ4n) is 0.394. The Balaban J connectivity index is 3.62. The fraction of sp³-hybridized carbons (Fsp3) is 0.833. The summed E-state index contributed by atoms with van der Waals surface area (Å²) < 4.78 is 4.68. The van der Waals surface area contributed by atoms with Crippen molar-refractivity contribution in [2.24, 2.45) is 5.73 Å². The van der Waals surface area contributed by atoms with Crippen molar-refractivity contribution in [2.45, 2.75) is 26.0 Å². The standard InChI is InChI=1S/C6H13NO3/c1-4(2)10-6(9)5(7)3-8/h4-5,8H,3,7H2,1-2H3/t5-/m0/s1. The highest BCUT2D eigenvalue weighted by Gasteiger charge is 2.14. The lowest BCUT2D eigenvalue weighted by Gasteiger charge is -2.10. The number of hydrogen-bond donors (Lipinski definition) is 2. The van der Waals surface area contributed by atoms with E-state index in [2.05, 4.69) is 4.74 Å². The van der Waals surface area contributed by atoms with Crippen molar-refractivity contribution in [1.82, 2.24) is 0 Å². The van der Waals surface area contributed by atoms with Crippen LogP contribution in [0.5, 0.6) is 0 Å². The number of nitrogens with two attached hydrogens (primary N) is 1. The van der Waals surface area contributed by atoms with E-state index in [1.165, 1.54) is 0 Å². The van der Waals surface area contributed by atoms with E-state index in [0.29, 0.717) is 0 Å². The summed E-state index contributed by atoms with van der Waals surface area (Å²) in [5.41, 5.74) is 5.14. The smallest absolute Gasteiger partial charge is 0.325 e. The first kappa shape index (κ1) is 9.39. The second-order valence-corrected chi connectivity index (χ2v) is 2.27. The Hall–Kier alpha value is -0.610. The molecule has 4 nitrogen and oxygen atoms in total. The van der Waals surface area contributed by atoms with E-state index in [9.17, 15) is 4.79 Å². The average Bonchev–Trinajstić information content (AvgIpc) is 1.85. The first-order valence-corrected chi connectivity index (χ1v) is 3.15. The van der Waals surface area contributed by atoms with Gasteiger partial charge in [-0.25, -0.2) is 0 Å². The molecule has 0 amide bonds. The lowest BCUT2D eigenvalue weighted by atomic mass is 10.3. The first-order chi connectivity index (χ1) is 4.57. The van der Waals surface area contributed by atoms with Gasteiger partial charge in [0.05, 0.1) is 12.7 Å². The second-order valence-electron chi connectivity index (χ2n) is 2.27. The molecule has 0 heterocycles. The van der Waals surface area contributed by atoms with Crippen LogP contribution in [0.3, 0.4) is 0 Å². The van der Waals surface area contributed by atoms with Crippen molar-refractivity contribution in [1.29, 1.82) is 0 Å². The molecule has 0 rings (SSSR count). The minimum atomic E-state index is -0.901. The number of carbonyl (C=O) groups is 1. The quantitative estimate of drug-likeness (QED) is 0.515. The number of carbonyl (C=O) groups excluding carboxylic acids is 1. The normalized spacial score (nSPS) is 13.3. The summed E-state index contributed by atoms with van der Waals surface area (Å²) >= 11 is 0. The largest absolute Gasteiger partial charge is 0.462 e. The van der Waals surface area contributed by atoms with Crippen LogP contribution in [0, 0.1) is 0 Å². The van der Waals surface area contributed by atoms with Crippen LogP contribution in [-0.2, 0) is 9.53 Å². The van der Waals surface area contributed by atoms with Gasteiger partial charge in [0.15, 0.2) is 0 Å². The van der Waals surface area contributed by atoms with Crippen molar-refractivity contribution in [3.8, 4) is 0 Å². The van der Waals surface area contributed by atoms with Crippen molar-refractivity contribution in [3.05, 3.63) is 0 Å². The summed E-state index contributed by atoms with van der Waals surface area (Å²) in [5.74, 6) is -0.558. The van der Waals surface area contributed by atoms with Gasteiger partial charge in [-0.3, -0.25) is 4.79 Å². The molecule has 0 aromatic carbocycles. The molecule has 0 aliphatic carbocycles. The van der Waals surface area contributed by atoms with Crippen LogP contribution in [-0.4, -0.2) is 29.8 Å². The molecule has 1 atom stereocenters. The molecular formula is C6H13NO3. The van der Waals surface area contributed by atoms with Crippen LogP contribution < -0.4 is 5.73 Å². The van der Waals surface area contributed by atoms with Crippen LogP contribution in [0.4, 0.5) is 0 Å². The molecule has 0 radical (unpaired) electrons. The number of aliphatic hydroxyl groups excluding tert-OH is 1. The molecule has 3 N–H and O–H groups in total. The SMILES string of the molecule is CC(C)OC(=O)[C@@H](N)CO. The number of esters is 1. The Morgan fingerprint density at radius 3 is 2.50 bits per heavy atom. The molecule has 0 aliphatic heterocycles. The molecule has 0 aromatic heterocycles. The van der Waals surface area contributed by atoms with Crippen molar-refractivity contribution in [2.75, 3.05) is 6.61 Å². The molecule has 10 heavy (non-hydrogen) atoms. The first-order valence-electron chi connectivity index (χ1n) is 3.15. The van der Waals surface area contributed by atoms with E-state index in [1.807, 2.05) is 0 Å². The lowest BCUT2D eigenvalue weighted by Crippen LogP contribution is -2.36. The molecule has 0 aromatic rings. The van der Waals surface area contributed by atoms with Crippen LogP contribution in [0.2, 0.25) is 0 Å². The molecule has 0 unspecified atom stereocenters. The Labute approximate surface area is 60.0 Å². The zero-order valence-electron chi connectivity index (χ0n) is 6.20. The number of aliphatic hydroxyl groups is 1. The Kier molecular flexibility index (Phi) is 3.99. The van der Waals surface area contributed by atoms with Gasteiger partial charge in [0, 0.05) is 0 Å². The predicted molar refractivity (Wildman–Crippen MR) is 36.3 cm³/mol. The zero-order valence-corrected chi connectivity index (χ0v) is 6.20. The monoisotopic (exact) mass is 147 g/mol.